The molecule has 0 atom stereocenters. The van der Waals surface area contributed by atoms with Crippen LogP contribution in [-0.4, -0.2) is 13.4 Å². The Bertz CT molecular complexity index is 4140. The van der Waals surface area contributed by atoms with Gasteiger partial charge in [0.05, 0.1) is 22.7 Å². The molecule has 5 aliphatic heterocycles. The zero-order chi connectivity index (χ0) is 49.2. The first kappa shape index (κ1) is 41.4. The van der Waals surface area contributed by atoms with Crippen molar-refractivity contribution in [3.8, 4) is 22.3 Å². The molecule has 4 nitrogen and oxygen atoms in total. The van der Waals surface area contributed by atoms with Gasteiger partial charge in [0.1, 0.15) is 0 Å². The first-order chi connectivity index (χ1) is 37.1. The van der Waals surface area contributed by atoms with Crippen molar-refractivity contribution in [1.29, 1.82) is 0 Å². The van der Waals surface area contributed by atoms with Gasteiger partial charge in [0.2, 0.25) is 0 Å². The summed E-state index contributed by atoms with van der Waals surface area (Å²) in [7, 11) is 0. The second-order valence-corrected chi connectivity index (χ2v) is 22.3. The topological polar surface area (TPSA) is 13.0 Å². The number of rotatable bonds is 4. The van der Waals surface area contributed by atoms with E-state index in [9.17, 15) is 0 Å². The fourth-order valence-corrected chi connectivity index (χ4v) is 14.9. The minimum Gasteiger partial charge on any atom is -0.311 e. The van der Waals surface area contributed by atoms with Gasteiger partial charge in [-0.1, -0.05) is 170 Å². The highest BCUT2D eigenvalue weighted by Crippen LogP contribution is 2.61. The number of benzene rings is 11. The van der Waals surface area contributed by atoms with E-state index in [0.717, 1.165) is 11.4 Å². The molecule has 12 aromatic rings. The molecule has 0 spiro atoms. The largest absolute Gasteiger partial charge is 0.311 e. The molecule has 0 saturated heterocycles. The summed E-state index contributed by atoms with van der Waals surface area (Å²) in [6, 6.07) is 86.9. The average molecular weight is 971 g/mol. The minimum absolute atomic E-state index is 0.0526. The maximum Gasteiger partial charge on any atom is 0.252 e. The van der Waals surface area contributed by atoms with E-state index in [0.29, 0.717) is 0 Å². The Morgan fingerprint density at radius 3 is 1.00 bits per heavy atom. The number of hydrogen-bond acceptors (Lipinski definition) is 5. The van der Waals surface area contributed by atoms with Crippen LogP contribution in [0.5, 0.6) is 0 Å². The van der Waals surface area contributed by atoms with Crippen molar-refractivity contribution in [2.24, 2.45) is 0 Å². The van der Waals surface area contributed by atoms with Crippen LogP contribution in [0.1, 0.15) is 9.75 Å². The molecule has 5 aliphatic rings. The fourth-order valence-electron chi connectivity index (χ4n) is 13.9. The molecule has 0 N–H and O–H groups in total. The highest BCUT2D eigenvalue weighted by molar-refractivity contribution is 7.13. The summed E-state index contributed by atoms with van der Waals surface area (Å²) in [5.74, 6) is 0. The monoisotopic (exact) mass is 970 g/mol. The molecule has 0 amide bonds. The van der Waals surface area contributed by atoms with Gasteiger partial charge >= 0.3 is 0 Å². The second kappa shape index (κ2) is 15.3. The molecule has 0 saturated carbocycles. The van der Waals surface area contributed by atoms with Crippen LogP contribution in [0, 0.1) is 13.8 Å². The standard InChI is InChI=1S/C68H44B2N4S/c1-41-65-66(42(2)75-41)74-62-40-50(44-21-9-4-10-22-44)38-60-64(62)70(56-34-46-24-16-18-26-48(46)36-58(56)72(60)52-29-13-6-14-30-52)54-32-31-53-67(68(54)74)73(65)61-39-49(43-19-7-3-8-20-43)37-59-63(61)69(53)55-33-45-23-15-17-25-47(45)35-57(55)71(59)51-27-11-5-12-28-51/h3-40H,1-2H3. The Morgan fingerprint density at radius 1 is 0.280 bits per heavy atom. The van der Waals surface area contributed by atoms with Crippen molar-refractivity contribution >= 4 is 147 Å². The number of anilines is 12. The maximum atomic E-state index is 2.73. The van der Waals surface area contributed by atoms with Crippen molar-refractivity contribution in [2.45, 2.75) is 13.8 Å². The van der Waals surface area contributed by atoms with E-state index in [1.54, 1.807) is 0 Å². The predicted octanol–water partition coefficient (Wildman–Crippen LogP) is 14.5. The molecule has 7 heteroatoms. The first-order valence-corrected chi connectivity index (χ1v) is 27.0. The molecule has 0 unspecified atom stereocenters. The lowest BCUT2D eigenvalue weighted by Crippen LogP contribution is -2.65. The molecule has 0 aliphatic carbocycles. The summed E-state index contributed by atoms with van der Waals surface area (Å²) in [6.07, 6.45) is 0. The molecule has 348 valence electrons. The number of thiophene rings is 1. The van der Waals surface area contributed by atoms with Crippen LogP contribution in [0.4, 0.5) is 68.2 Å². The van der Waals surface area contributed by atoms with Gasteiger partial charge in [0.15, 0.2) is 0 Å². The maximum absolute atomic E-state index is 2.73. The normalized spacial score (nSPS) is 13.8. The number of hydrogen-bond donors (Lipinski definition) is 0. The van der Waals surface area contributed by atoms with Gasteiger partial charge in [-0.25, -0.2) is 0 Å². The van der Waals surface area contributed by atoms with Gasteiger partial charge in [-0.15, -0.1) is 11.3 Å². The lowest BCUT2D eigenvalue weighted by molar-refractivity contribution is 1.17. The van der Waals surface area contributed by atoms with E-state index in [4.69, 9.17) is 0 Å². The molecule has 17 rings (SSSR count). The van der Waals surface area contributed by atoms with Crippen LogP contribution < -0.4 is 52.4 Å². The molecule has 0 bridgehead atoms. The quantitative estimate of drug-likeness (QED) is 0.163. The molecule has 1 aromatic heterocycles. The summed E-state index contributed by atoms with van der Waals surface area (Å²) < 4.78 is 0. The van der Waals surface area contributed by atoms with Crippen LogP contribution in [0.25, 0.3) is 43.8 Å². The first-order valence-electron chi connectivity index (χ1n) is 26.2. The molecule has 0 radical (unpaired) electrons. The van der Waals surface area contributed by atoms with Crippen LogP contribution in [0.15, 0.2) is 231 Å². The molecule has 0 fully saturated rings. The summed E-state index contributed by atoms with van der Waals surface area (Å²) in [6.45, 7) is 4.60. The third-order valence-electron chi connectivity index (χ3n) is 16.9. The summed E-state index contributed by atoms with van der Waals surface area (Å²) in [5.41, 5.74) is 27.6. The second-order valence-electron chi connectivity index (χ2n) is 20.8. The zero-order valence-corrected chi connectivity index (χ0v) is 42.1. The Hall–Kier alpha value is -9.03. The number of fused-ring (bicyclic) bond motifs is 13. The van der Waals surface area contributed by atoms with Gasteiger partial charge in [0.25, 0.3) is 13.4 Å². The van der Waals surface area contributed by atoms with Gasteiger partial charge in [-0.05, 0) is 151 Å². The van der Waals surface area contributed by atoms with Crippen molar-refractivity contribution in [2.75, 3.05) is 19.6 Å². The fraction of sp³-hybridized carbons (Fsp3) is 0.0294. The number of aryl methyl sites for hydroxylation is 2. The van der Waals surface area contributed by atoms with Crippen molar-refractivity contribution < 1.29 is 0 Å². The molecular weight excluding hydrogens is 926 g/mol. The Kier molecular flexibility index (Phi) is 8.44. The molecule has 11 aromatic carbocycles. The number of nitrogens with zero attached hydrogens (tertiary/aromatic N) is 4. The minimum atomic E-state index is -0.0526. The smallest absolute Gasteiger partial charge is 0.252 e. The van der Waals surface area contributed by atoms with Gasteiger partial charge in [-0.3, -0.25) is 0 Å². The summed E-state index contributed by atoms with van der Waals surface area (Å²) >= 11 is 1.92. The lowest BCUT2D eigenvalue weighted by atomic mass is 9.30. The zero-order valence-electron chi connectivity index (χ0n) is 41.3. The van der Waals surface area contributed by atoms with Crippen molar-refractivity contribution in [3.05, 3.63) is 240 Å². The van der Waals surface area contributed by atoms with E-state index in [2.05, 4.69) is 264 Å². The van der Waals surface area contributed by atoms with Crippen LogP contribution >= 0.6 is 11.3 Å². The van der Waals surface area contributed by atoms with Crippen molar-refractivity contribution in [1.82, 2.24) is 0 Å². The Labute approximate surface area is 440 Å². The van der Waals surface area contributed by atoms with E-state index in [1.807, 2.05) is 11.3 Å². The highest BCUT2D eigenvalue weighted by Gasteiger charge is 2.53. The molecule has 75 heavy (non-hydrogen) atoms. The van der Waals surface area contributed by atoms with Crippen LogP contribution in [0.3, 0.4) is 0 Å². The Morgan fingerprint density at radius 2 is 0.613 bits per heavy atom. The van der Waals surface area contributed by atoms with Crippen molar-refractivity contribution in [3.63, 3.8) is 0 Å². The van der Waals surface area contributed by atoms with E-state index in [-0.39, 0.29) is 13.4 Å². The van der Waals surface area contributed by atoms with Crippen LogP contribution in [0.2, 0.25) is 0 Å². The third-order valence-corrected chi connectivity index (χ3v) is 17.9. The SMILES string of the molecule is Cc1sc(C)c2c1N1c3cc(-c4ccccc4)cc4c3B(c3cc5ccccc5cc3N4c3ccccc3)c3ccc4c(c31)N2c1cc(-c2ccccc2)cc2c1B4c1cc3ccccc3cc1N2c1ccccc1. The third kappa shape index (κ3) is 5.63. The molecule has 6 heterocycles. The van der Waals surface area contributed by atoms with Gasteiger partial charge < -0.3 is 19.6 Å². The van der Waals surface area contributed by atoms with Gasteiger partial charge in [0, 0.05) is 55.3 Å². The predicted molar refractivity (Wildman–Crippen MR) is 321 cm³/mol. The summed E-state index contributed by atoms with van der Waals surface area (Å²) in [4.78, 5) is 13.2. The van der Waals surface area contributed by atoms with E-state index >= 15 is 0 Å². The van der Waals surface area contributed by atoms with E-state index < -0.39 is 0 Å². The molecular formula is C68H44B2N4S. The average Bonchev–Trinajstić information content (AvgIpc) is 3.97. The lowest BCUT2D eigenvalue weighted by Gasteiger charge is -2.52. The Balaban J connectivity index is 1.03. The van der Waals surface area contributed by atoms with Crippen LogP contribution in [-0.2, 0) is 0 Å². The summed E-state index contributed by atoms with van der Waals surface area (Å²) in [5, 5.41) is 4.97. The van der Waals surface area contributed by atoms with Gasteiger partial charge in [-0.2, -0.15) is 0 Å². The number of para-hydroxylation sites is 2. The highest BCUT2D eigenvalue weighted by atomic mass is 32.1. The van der Waals surface area contributed by atoms with E-state index in [1.165, 1.54) is 143 Å².